The van der Waals surface area contributed by atoms with Crippen LogP contribution in [0.2, 0.25) is 0 Å². The minimum Gasteiger partial charge on any atom is -0.311 e. The minimum atomic E-state index is 0. The molecule has 1 fully saturated rings. The van der Waals surface area contributed by atoms with Gasteiger partial charge in [0.05, 0.1) is 0 Å². The topological polar surface area (TPSA) is 15.3 Å². The van der Waals surface area contributed by atoms with Gasteiger partial charge in [-0.05, 0) is 38.8 Å². The molecule has 3 heteroatoms. The fourth-order valence-electron chi connectivity index (χ4n) is 2.56. The average molecular weight is 269 g/mol. The molecule has 0 saturated carbocycles. The summed E-state index contributed by atoms with van der Waals surface area (Å²) in [5.74, 6) is 0. The summed E-state index contributed by atoms with van der Waals surface area (Å²) in [5.41, 5.74) is 4.24. The lowest BCUT2D eigenvalue weighted by Crippen LogP contribution is -2.53. The second-order valence-corrected chi connectivity index (χ2v) is 5.52. The average Bonchev–Trinajstić information content (AvgIpc) is 2.27. The molecule has 2 atom stereocenters. The van der Waals surface area contributed by atoms with Gasteiger partial charge in [0.2, 0.25) is 0 Å². The highest BCUT2D eigenvalue weighted by molar-refractivity contribution is 5.85. The first-order valence-corrected chi connectivity index (χ1v) is 6.60. The number of hydrogen-bond donors (Lipinski definition) is 1. The molecule has 1 aromatic rings. The number of nitrogens with one attached hydrogen (secondary N) is 1. The number of rotatable bonds is 2. The molecule has 0 aliphatic carbocycles. The Hall–Kier alpha value is -0.570. The number of nitrogens with zero attached hydrogens (tertiary/aromatic N) is 1. The van der Waals surface area contributed by atoms with Gasteiger partial charge in [0.1, 0.15) is 0 Å². The molecule has 1 N–H and O–H groups in total. The Labute approximate surface area is 117 Å². The monoisotopic (exact) mass is 268 g/mol. The Morgan fingerprint density at radius 2 is 2.00 bits per heavy atom. The van der Waals surface area contributed by atoms with Gasteiger partial charge < -0.3 is 5.32 Å². The standard InChI is InChI=1S/C15H24N2.ClH/c1-11-5-6-15(12(2)7-11)10-17-9-13(3)16-8-14(17)4;/h5-7,13-14,16H,8-10H2,1-4H3;1H. The fraction of sp³-hybridized carbons (Fsp3) is 0.600. The van der Waals surface area contributed by atoms with Gasteiger partial charge in [0, 0.05) is 31.7 Å². The lowest BCUT2D eigenvalue weighted by molar-refractivity contribution is 0.138. The molecule has 1 saturated heterocycles. The zero-order valence-electron chi connectivity index (χ0n) is 11.9. The highest BCUT2D eigenvalue weighted by atomic mass is 35.5. The maximum Gasteiger partial charge on any atom is 0.0240 e. The van der Waals surface area contributed by atoms with Gasteiger partial charge in [-0.25, -0.2) is 0 Å². The van der Waals surface area contributed by atoms with Gasteiger partial charge in [-0.3, -0.25) is 4.90 Å². The molecule has 0 spiro atoms. The summed E-state index contributed by atoms with van der Waals surface area (Å²) < 4.78 is 0. The Kier molecular flexibility index (Phi) is 5.64. The molecule has 2 unspecified atom stereocenters. The van der Waals surface area contributed by atoms with Crippen LogP contribution in [0.4, 0.5) is 0 Å². The zero-order chi connectivity index (χ0) is 12.4. The molecular formula is C15H25ClN2. The summed E-state index contributed by atoms with van der Waals surface area (Å²) in [6.45, 7) is 12.3. The van der Waals surface area contributed by atoms with Gasteiger partial charge in [-0.15, -0.1) is 12.4 Å². The zero-order valence-corrected chi connectivity index (χ0v) is 12.7. The van der Waals surface area contributed by atoms with Crippen molar-refractivity contribution < 1.29 is 0 Å². The van der Waals surface area contributed by atoms with Crippen LogP contribution in [0.5, 0.6) is 0 Å². The quantitative estimate of drug-likeness (QED) is 0.887. The van der Waals surface area contributed by atoms with Crippen LogP contribution in [0.3, 0.4) is 0 Å². The van der Waals surface area contributed by atoms with Crippen molar-refractivity contribution in [3.05, 3.63) is 34.9 Å². The fourth-order valence-corrected chi connectivity index (χ4v) is 2.56. The van der Waals surface area contributed by atoms with Crippen molar-refractivity contribution in [3.8, 4) is 0 Å². The maximum absolute atomic E-state index is 3.53. The maximum atomic E-state index is 3.53. The first-order valence-electron chi connectivity index (χ1n) is 6.60. The summed E-state index contributed by atoms with van der Waals surface area (Å²) in [7, 11) is 0. The second-order valence-electron chi connectivity index (χ2n) is 5.52. The predicted octanol–water partition coefficient (Wildman–Crippen LogP) is 2.91. The van der Waals surface area contributed by atoms with Gasteiger partial charge in [0.25, 0.3) is 0 Å². The Morgan fingerprint density at radius 3 is 2.67 bits per heavy atom. The van der Waals surface area contributed by atoms with Crippen molar-refractivity contribution in [1.82, 2.24) is 10.2 Å². The lowest BCUT2D eigenvalue weighted by Gasteiger charge is -2.37. The van der Waals surface area contributed by atoms with Crippen LogP contribution >= 0.6 is 12.4 Å². The van der Waals surface area contributed by atoms with Crippen LogP contribution < -0.4 is 5.32 Å². The molecule has 2 nitrogen and oxygen atoms in total. The number of hydrogen-bond acceptors (Lipinski definition) is 2. The van der Waals surface area contributed by atoms with Crippen molar-refractivity contribution in [1.29, 1.82) is 0 Å². The van der Waals surface area contributed by atoms with E-state index in [0.29, 0.717) is 12.1 Å². The normalized spacial score (nSPS) is 24.7. The van der Waals surface area contributed by atoms with Crippen LogP contribution in [-0.2, 0) is 6.54 Å². The number of piperazine rings is 1. The molecule has 0 bridgehead atoms. The highest BCUT2D eigenvalue weighted by Crippen LogP contribution is 2.16. The van der Waals surface area contributed by atoms with E-state index in [0.717, 1.165) is 19.6 Å². The van der Waals surface area contributed by atoms with Crippen LogP contribution in [0.15, 0.2) is 18.2 Å². The van der Waals surface area contributed by atoms with Gasteiger partial charge in [-0.1, -0.05) is 23.8 Å². The van der Waals surface area contributed by atoms with Crippen LogP contribution in [0.1, 0.15) is 30.5 Å². The Morgan fingerprint density at radius 1 is 1.28 bits per heavy atom. The Bertz CT molecular complexity index is 392. The highest BCUT2D eigenvalue weighted by Gasteiger charge is 2.22. The van der Waals surface area contributed by atoms with E-state index in [1.807, 2.05) is 0 Å². The predicted molar refractivity (Wildman–Crippen MR) is 80.5 cm³/mol. The van der Waals surface area contributed by atoms with Gasteiger partial charge in [-0.2, -0.15) is 0 Å². The molecule has 102 valence electrons. The molecule has 18 heavy (non-hydrogen) atoms. The molecule has 2 rings (SSSR count). The summed E-state index contributed by atoms with van der Waals surface area (Å²) >= 11 is 0. The molecule has 0 amide bonds. The van der Waals surface area contributed by atoms with E-state index in [1.54, 1.807) is 0 Å². The smallest absolute Gasteiger partial charge is 0.0240 e. The Balaban J connectivity index is 0.00000162. The summed E-state index contributed by atoms with van der Waals surface area (Å²) in [6, 6.07) is 8.03. The SMILES string of the molecule is Cc1ccc(CN2CC(C)NCC2C)c(C)c1.Cl. The number of halogens is 1. The molecule has 1 aromatic carbocycles. The van der Waals surface area contributed by atoms with Crippen LogP contribution in [-0.4, -0.2) is 30.1 Å². The van der Waals surface area contributed by atoms with Crippen molar-refractivity contribution in [2.45, 2.75) is 46.3 Å². The van der Waals surface area contributed by atoms with Crippen molar-refractivity contribution in [2.24, 2.45) is 0 Å². The van der Waals surface area contributed by atoms with Gasteiger partial charge in [0.15, 0.2) is 0 Å². The second kappa shape index (κ2) is 6.55. The molecule has 1 aliphatic heterocycles. The molecule has 1 heterocycles. The van der Waals surface area contributed by atoms with Crippen LogP contribution in [0, 0.1) is 13.8 Å². The van der Waals surface area contributed by atoms with Crippen molar-refractivity contribution in [2.75, 3.05) is 13.1 Å². The first kappa shape index (κ1) is 15.5. The van der Waals surface area contributed by atoms with E-state index in [1.165, 1.54) is 16.7 Å². The third-order valence-corrected chi connectivity index (χ3v) is 3.76. The van der Waals surface area contributed by atoms with Crippen molar-refractivity contribution in [3.63, 3.8) is 0 Å². The van der Waals surface area contributed by atoms with Crippen molar-refractivity contribution >= 4 is 12.4 Å². The third-order valence-electron chi connectivity index (χ3n) is 3.76. The summed E-state index contributed by atoms with van der Waals surface area (Å²) in [4.78, 5) is 2.58. The molecular weight excluding hydrogens is 244 g/mol. The third kappa shape index (κ3) is 3.71. The number of aryl methyl sites for hydroxylation is 2. The largest absolute Gasteiger partial charge is 0.311 e. The van der Waals surface area contributed by atoms with Gasteiger partial charge >= 0.3 is 0 Å². The molecule has 0 radical (unpaired) electrons. The minimum absolute atomic E-state index is 0. The van der Waals surface area contributed by atoms with E-state index < -0.39 is 0 Å². The van der Waals surface area contributed by atoms with E-state index in [4.69, 9.17) is 0 Å². The van der Waals surface area contributed by atoms with E-state index in [9.17, 15) is 0 Å². The van der Waals surface area contributed by atoms with E-state index in [2.05, 4.69) is 56.1 Å². The number of benzene rings is 1. The van der Waals surface area contributed by atoms with E-state index in [-0.39, 0.29) is 12.4 Å². The molecule has 1 aliphatic rings. The van der Waals surface area contributed by atoms with E-state index >= 15 is 0 Å². The summed E-state index contributed by atoms with van der Waals surface area (Å²) in [5, 5.41) is 3.53. The lowest BCUT2D eigenvalue weighted by atomic mass is 10.0. The summed E-state index contributed by atoms with van der Waals surface area (Å²) in [6.07, 6.45) is 0. The molecule has 0 aromatic heterocycles. The first-order chi connectivity index (χ1) is 8.06. The van der Waals surface area contributed by atoms with Crippen LogP contribution in [0.25, 0.3) is 0 Å².